The minimum Gasteiger partial charge on any atom is -0.382 e. The zero-order valence-electron chi connectivity index (χ0n) is 10.6. The summed E-state index contributed by atoms with van der Waals surface area (Å²) >= 11 is 0. The highest BCUT2D eigenvalue weighted by molar-refractivity contribution is 5.85. The van der Waals surface area contributed by atoms with Gasteiger partial charge in [0.2, 0.25) is 0 Å². The van der Waals surface area contributed by atoms with Crippen LogP contribution in [0.3, 0.4) is 0 Å². The molecule has 106 valence electrons. The first-order valence-corrected chi connectivity index (χ1v) is 6.00. The van der Waals surface area contributed by atoms with E-state index in [-0.39, 0.29) is 5.82 Å². The van der Waals surface area contributed by atoms with Crippen molar-refractivity contribution in [3.05, 3.63) is 48.3 Å². The quantitative estimate of drug-likeness (QED) is 0.747. The van der Waals surface area contributed by atoms with Gasteiger partial charge in [-0.15, -0.1) is 0 Å². The molecule has 0 saturated heterocycles. The number of fused-ring (bicyclic) bond motifs is 1. The number of rotatable bonds is 1. The number of halogens is 3. The summed E-state index contributed by atoms with van der Waals surface area (Å²) < 4.78 is 38.2. The highest BCUT2D eigenvalue weighted by Gasteiger charge is 2.30. The summed E-state index contributed by atoms with van der Waals surface area (Å²) in [6.07, 6.45) is -3.09. The fourth-order valence-corrected chi connectivity index (χ4v) is 1.97. The molecule has 0 unspecified atom stereocenters. The maximum absolute atomic E-state index is 12.7. The SMILES string of the molecule is Nc1ncnc2ccc(-c3cccc(C(F)(F)F)c3)nc12. The highest BCUT2D eigenvalue weighted by atomic mass is 19.4. The molecule has 0 radical (unpaired) electrons. The van der Waals surface area contributed by atoms with Gasteiger partial charge in [-0.2, -0.15) is 13.2 Å². The summed E-state index contributed by atoms with van der Waals surface area (Å²) in [5.74, 6) is 0.189. The van der Waals surface area contributed by atoms with Gasteiger partial charge in [0.25, 0.3) is 0 Å². The van der Waals surface area contributed by atoms with E-state index in [1.807, 2.05) is 0 Å². The number of aromatic nitrogens is 3. The molecule has 0 aliphatic carbocycles. The van der Waals surface area contributed by atoms with E-state index in [2.05, 4.69) is 15.0 Å². The van der Waals surface area contributed by atoms with Crippen LogP contribution in [-0.4, -0.2) is 15.0 Å². The van der Waals surface area contributed by atoms with Crippen LogP contribution in [0.2, 0.25) is 0 Å². The van der Waals surface area contributed by atoms with Gasteiger partial charge in [0.05, 0.1) is 16.8 Å². The Kier molecular flexibility index (Phi) is 2.97. The fraction of sp³-hybridized carbons (Fsp3) is 0.0714. The summed E-state index contributed by atoms with van der Waals surface area (Å²) in [5.41, 5.74) is 6.63. The molecule has 2 aromatic heterocycles. The lowest BCUT2D eigenvalue weighted by atomic mass is 10.1. The number of nitrogens with zero attached hydrogens (tertiary/aromatic N) is 3. The van der Waals surface area contributed by atoms with Crippen LogP contribution in [0.15, 0.2) is 42.7 Å². The summed E-state index contributed by atoms with van der Waals surface area (Å²) in [6.45, 7) is 0. The van der Waals surface area contributed by atoms with Crippen molar-refractivity contribution in [1.29, 1.82) is 0 Å². The molecule has 0 aliphatic heterocycles. The van der Waals surface area contributed by atoms with Crippen LogP contribution < -0.4 is 5.73 Å². The summed E-state index contributed by atoms with van der Waals surface area (Å²) in [4.78, 5) is 12.1. The van der Waals surface area contributed by atoms with Crippen LogP contribution >= 0.6 is 0 Å². The van der Waals surface area contributed by atoms with Gasteiger partial charge in [-0.1, -0.05) is 12.1 Å². The van der Waals surface area contributed by atoms with Crippen LogP contribution in [0.1, 0.15) is 5.56 Å². The van der Waals surface area contributed by atoms with Gasteiger partial charge in [-0.3, -0.25) is 0 Å². The smallest absolute Gasteiger partial charge is 0.382 e. The van der Waals surface area contributed by atoms with Gasteiger partial charge in [0.1, 0.15) is 11.8 Å². The van der Waals surface area contributed by atoms with Crippen molar-refractivity contribution in [3.63, 3.8) is 0 Å². The number of nitrogen functional groups attached to an aromatic ring is 1. The number of alkyl halides is 3. The predicted octanol–water partition coefficient (Wildman–Crippen LogP) is 3.29. The largest absolute Gasteiger partial charge is 0.416 e. The topological polar surface area (TPSA) is 64.7 Å². The highest BCUT2D eigenvalue weighted by Crippen LogP contribution is 2.32. The molecule has 0 atom stereocenters. The molecule has 0 bridgehead atoms. The lowest BCUT2D eigenvalue weighted by Crippen LogP contribution is -2.04. The van der Waals surface area contributed by atoms with Crippen LogP contribution in [0.25, 0.3) is 22.3 Å². The third-order valence-corrected chi connectivity index (χ3v) is 3.00. The first-order chi connectivity index (χ1) is 9.95. The van der Waals surface area contributed by atoms with Gasteiger partial charge < -0.3 is 5.73 Å². The Morgan fingerprint density at radius 2 is 1.81 bits per heavy atom. The number of benzene rings is 1. The van der Waals surface area contributed by atoms with Crippen LogP contribution in [0, 0.1) is 0 Å². The van der Waals surface area contributed by atoms with Crippen molar-refractivity contribution >= 4 is 16.9 Å². The van der Waals surface area contributed by atoms with E-state index in [4.69, 9.17) is 5.73 Å². The Morgan fingerprint density at radius 1 is 1.00 bits per heavy atom. The Morgan fingerprint density at radius 3 is 2.57 bits per heavy atom. The van der Waals surface area contributed by atoms with Crippen molar-refractivity contribution in [2.24, 2.45) is 0 Å². The normalized spacial score (nSPS) is 11.8. The summed E-state index contributed by atoms with van der Waals surface area (Å²) in [7, 11) is 0. The number of hydrogen-bond acceptors (Lipinski definition) is 4. The summed E-state index contributed by atoms with van der Waals surface area (Å²) in [6, 6.07) is 8.22. The first kappa shape index (κ1) is 13.3. The van der Waals surface area contributed by atoms with Crippen LogP contribution in [0.4, 0.5) is 19.0 Å². The monoisotopic (exact) mass is 290 g/mol. The molecule has 21 heavy (non-hydrogen) atoms. The molecule has 2 N–H and O–H groups in total. The molecular formula is C14H9F3N4. The van der Waals surface area contributed by atoms with E-state index in [0.29, 0.717) is 22.3 Å². The maximum atomic E-state index is 12.7. The third-order valence-electron chi connectivity index (χ3n) is 3.00. The van der Waals surface area contributed by atoms with Crippen LogP contribution in [-0.2, 0) is 6.18 Å². The Hall–Kier alpha value is -2.70. The van der Waals surface area contributed by atoms with Crippen molar-refractivity contribution in [2.45, 2.75) is 6.18 Å². The molecule has 7 heteroatoms. The van der Waals surface area contributed by atoms with E-state index >= 15 is 0 Å². The van der Waals surface area contributed by atoms with Gasteiger partial charge in [-0.25, -0.2) is 15.0 Å². The molecule has 0 spiro atoms. The number of pyridine rings is 1. The van der Waals surface area contributed by atoms with Gasteiger partial charge >= 0.3 is 6.18 Å². The Bertz CT molecular complexity index is 815. The predicted molar refractivity (Wildman–Crippen MR) is 72.2 cm³/mol. The molecule has 1 aromatic carbocycles. The van der Waals surface area contributed by atoms with Gasteiger partial charge in [0, 0.05) is 5.56 Å². The van der Waals surface area contributed by atoms with E-state index in [1.54, 1.807) is 18.2 Å². The molecule has 2 heterocycles. The first-order valence-electron chi connectivity index (χ1n) is 6.00. The van der Waals surface area contributed by atoms with Crippen molar-refractivity contribution < 1.29 is 13.2 Å². The maximum Gasteiger partial charge on any atom is 0.416 e. The summed E-state index contributed by atoms with van der Waals surface area (Å²) in [5, 5.41) is 0. The molecule has 3 rings (SSSR count). The second-order valence-corrected chi connectivity index (χ2v) is 4.40. The zero-order valence-corrected chi connectivity index (χ0v) is 10.6. The van der Waals surface area contributed by atoms with Gasteiger partial charge in [0.15, 0.2) is 5.82 Å². The number of hydrogen-bond donors (Lipinski definition) is 1. The molecular weight excluding hydrogens is 281 g/mol. The average molecular weight is 290 g/mol. The van der Waals surface area contributed by atoms with E-state index in [9.17, 15) is 13.2 Å². The van der Waals surface area contributed by atoms with E-state index < -0.39 is 11.7 Å². The lowest BCUT2D eigenvalue weighted by molar-refractivity contribution is -0.137. The second kappa shape index (κ2) is 4.69. The lowest BCUT2D eigenvalue weighted by Gasteiger charge is -2.09. The standard InChI is InChI=1S/C14H9F3N4/c15-14(16,17)9-3-1-2-8(6-9)10-4-5-11-12(21-10)13(18)20-7-19-11/h1-7H,(H2,18,19,20). The minimum absolute atomic E-state index is 0.189. The third kappa shape index (κ3) is 2.49. The fourth-order valence-electron chi connectivity index (χ4n) is 1.97. The Labute approximate surface area is 117 Å². The second-order valence-electron chi connectivity index (χ2n) is 4.40. The van der Waals surface area contributed by atoms with Gasteiger partial charge in [-0.05, 0) is 24.3 Å². The zero-order chi connectivity index (χ0) is 15.0. The average Bonchev–Trinajstić information content (AvgIpc) is 2.47. The minimum atomic E-state index is -4.39. The molecule has 3 aromatic rings. The van der Waals surface area contributed by atoms with Crippen LogP contribution in [0.5, 0.6) is 0 Å². The van der Waals surface area contributed by atoms with E-state index in [0.717, 1.165) is 12.1 Å². The van der Waals surface area contributed by atoms with Crippen molar-refractivity contribution in [1.82, 2.24) is 15.0 Å². The number of nitrogens with two attached hydrogens (primary N) is 1. The van der Waals surface area contributed by atoms with E-state index in [1.165, 1.54) is 12.4 Å². The van der Waals surface area contributed by atoms with Crippen molar-refractivity contribution in [3.8, 4) is 11.3 Å². The number of anilines is 1. The molecule has 0 saturated carbocycles. The molecule has 4 nitrogen and oxygen atoms in total. The Balaban J connectivity index is 2.15. The molecule has 0 amide bonds. The van der Waals surface area contributed by atoms with Crippen molar-refractivity contribution in [2.75, 3.05) is 5.73 Å². The molecule has 0 fully saturated rings. The molecule has 0 aliphatic rings.